The highest BCUT2D eigenvalue weighted by Crippen LogP contribution is 2.34. The van der Waals surface area contributed by atoms with Crippen molar-refractivity contribution in [3.05, 3.63) is 83.1 Å². The molecule has 0 spiro atoms. The van der Waals surface area contributed by atoms with Gasteiger partial charge < -0.3 is 0 Å². The largest absolute Gasteiger partial charge is 0.283 e. The van der Waals surface area contributed by atoms with Crippen molar-refractivity contribution in [2.24, 2.45) is 5.92 Å². The molecule has 0 atom stereocenters. The molecule has 7 nitrogen and oxygen atoms in total. The van der Waals surface area contributed by atoms with Crippen LogP contribution in [0, 0.1) is 12.8 Å². The van der Waals surface area contributed by atoms with Crippen molar-refractivity contribution in [3.63, 3.8) is 0 Å². The van der Waals surface area contributed by atoms with Gasteiger partial charge in [0.15, 0.2) is 5.13 Å². The van der Waals surface area contributed by atoms with E-state index in [2.05, 4.69) is 4.98 Å². The molecule has 186 valence electrons. The summed E-state index contributed by atoms with van der Waals surface area (Å²) >= 11 is 7.41. The molecule has 0 aliphatic carbocycles. The predicted octanol–water partition coefficient (Wildman–Crippen LogP) is 5.29. The molecular weight excluding hydrogens is 516 g/mol. The molecule has 2 aromatic carbocycles. The number of carbonyl (C=O) groups is 1. The number of aryl methyl sites for hydroxylation is 1. The fraction of sp³-hybridized carbons (Fsp3) is 0.269. The average Bonchev–Trinajstić information content (AvgIpc) is 3.33. The van der Waals surface area contributed by atoms with E-state index in [1.165, 1.54) is 27.8 Å². The second-order valence-corrected chi connectivity index (χ2v) is 12.2. The number of nitrogens with zero attached hydrogens (tertiary/aromatic N) is 4. The molecule has 4 aromatic rings. The van der Waals surface area contributed by atoms with Crippen molar-refractivity contribution in [1.29, 1.82) is 0 Å². The van der Waals surface area contributed by atoms with Crippen LogP contribution in [-0.2, 0) is 21.4 Å². The third-order valence-corrected chi connectivity index (χ3v) is 9.63. The Morgan fingerprint density at radius 2 is 1.86 bits per heavy atom. The first-order valence-electron chi connectivity index (χ1n) is 11.6. The summed E-state index contributed by atoms with van der Waals surface area (Å²) in [6.07, 6.45) is 4.34. The summed E-state index contributed by atoms with van der Waals surface area (Å²) in [4.78, 5) is 24.8. The smallest absolute Gasteiger partial charge is 0.243 e. The minimum absolute atomic E-state index is 0.0425. The van der Waals surface area contributed by atoms with Gasteiger partial charge in [-0.25, -0.2) is 13.4 Å². The minimum Gasteiger partial charge on any atom is -0.283 e. The van der Waals surface area contributed by atoms with Gasteiger partial charge in [0, 0.05) is 36.4 Å². The number of amides is 1. The Morgan fingerprint density at radius 3 is 2.53 bits per heavy atom. The topological polar surface area (TPSA) is 83.5 Å². The Morgan fingerprint density at radius 1 is 1.11 bits per heavy atom. The van der Waals surface area contributed by atoms with Crippen LogP contribution in [-0.4, -0.2) is 41.7 Å². The molecule has 36 heavy (non-hydrogen) atoms. The molecule has 2 aromatic heterocycles. The van der Waals surface area contributed by atoms with Gasteiger partial charge >= 0.3 is 0 Å². The van der Waals surface area contributed by atoms with Gasteiger partial charge in [0.05, 0.1) is 21.7 Å². The van der Waals surface area contributed by atoms with Gasteiger partial charge in [-0.15, -0.1) is 0 Å². The van der Waals surface area contributed by atoms with Crippen LogP contribution in [0.15, 0.2) is 71.9 Å². The highest BCUT2D eigenvalue weighted by Gasteiger charge is 2.35. The quantitative estimate of drug-likeness (QED) is 0.332. The number of rotatable bonds is 6. The highest BCUT2D eigenvalue weighted by molar-refractivity contribution is 7.89. The summed E-state index contributed by atoms with van der Waals surface area (Å²) < 4.78 is 28.6. The zero-order chi connectivity index (χ0) is 25.3. The molecule has 1 amide bonds. The average molecular weight is 541 g/mol. The van der Waals surface area contributed by atoms with E-state index in [-0.39, 0.29) is 29.8 Å². The molecule has 1 aliphatic heterocycles. The fourth-order valence-electron chi connectivity index (χ4n) is 4.42. The lowest BCUT2D eigenvalue weighted by Gasteiger charge is -2.33. The highest BCUT2D eigenvalue weighted by atomic mass is 35.5. The molecule has 0 bridgehead atoms. The van der Waals surface area contributed by atoms with E-state index < -0.39 is 10.0 Å². The number of hydrogen-bond acceptors (Lipinski definition) is 6. The zero-order valence-electron chi connectivity index (χ0n) is 19.7. The standard InChI is InChI=1S/C26H25ClN4O3S2/c1-18-4-2-6-23-24(18)29-26(35-23)31(17-19-5-3-13-28-16-19)25(32)20-11-14-30(15-12-20)36(33,34)22-9-7-21(27)8-10-22/h2-10,13,16,20H,11-12,14-15,17H2,1H3. The minimum atomic E-state index is -3.64. The van der Waals surface area contributed by atoms with Crippen molar-refractivity contribution in [2.75, 3.05) is 18.0 Å². The van der Waals surface area contributed by atoms with Crippen LogP contribution >= 0.6 is 22.9 Å². The number of halogens is 1. The second kappa shape index (κ2) is 10.3. The number of para-hydroxylation sites is 1. The maximum Gasteiger partial charge on any atom is 0.243 e. The number of aromatic nitrogens is 2. The van der Waals surface area contributed by atoms with Gasteiger partial charge in [0.25, 0.3) is 0 Å². The Labute approximate surface area is 219 Å². The summed E-state index contributed by atoms with van der Waals surface area (Å²) in [5, 5.41) is 1.13. The number of benzene rings is 2. The van der Waals surface area contributed by atoms with Crippen LogP contribution in [0.4, 0.5) is 5.13 Å². The maximum atomic E-state index is 13.8. The summed E-state index contributed by atoms with van der Waals surface area (Å²) in [5.74, 6) is -0.342. The Hall–Kier alpha value is -2.85. The van der Waals surface area contributed by atoms with Gasteiger partial charge in [0.2, 0.25) is 15.9 Å². The van der Waals surface area contributed by atoms with Crippen LogP contribution < -0.4 is 4.90 Å². The number of pyridine rings is 1. The first-order valence-corrected chi connectivity index (χ1v) is 14.3. The normalized spacial score (nSPS) is 15.3. The first-order chi connectivity index (χ1) is 17.3. The zero-order valence-corrected chi connectivity index (χ0v) is 22.1. The summed E-state index contributed by atoms with van der Waals surface area (Å²) in [6, 6.07) is 16.0. The number of fused-ring (bicyclic) bond motifs is 1. The van der Waals surface area contributed by atoms with Crippen LogP contribution in [0.5, 0.6) is 0 Å². The fourth-order valence-corrected chi connectivity index (χ4v) is 7.07. The summed E-state index contributed by atoms with van der Waals surface area (Å²) in [6.45, 7) is 2.92. The van der Waals surface area contributed by atoms with Crippen LogP contribution in [0.1, 0.15) is 24.0 Å². The lowest BCUT2D eigenvalue weighted by Crippen LogP contribution is -2.44. The van der Waals surface area contributed by atoms with E-state index in [9.17, 15) is 13.2 Å². The van der Waals surface area contributed by atoms with Gasteiger partial charge in [0.1, 0.15) is 0 Å². The van der Waals surface area contributed by atoms with Gasteiger partial charge in [-0.3, -0.25) is 14.7 Å². The molecule has 3 heterocycles. The molecule has 10 heteroatoms. The number of thiazole rings is 1. The number of hydrogen-bond donors (Lipinski definition) is 0. The summed E-state index contributed by atoms with van der Waals surface area (Å²) in [5.41, 5.74) is 2.86. The second-order valence-electron chi connectivity index (χ2n) is 8.84. The first kappa shape index (κ1) is 24.8. The van der Waals surface area contributed by atoms with Crippen molar-refractivity contribution >= 4 is 54.2 Å². The molecule has 0 saturated carbocycles. The van der Waals surface area contributed by atoms with E-state index in [0.717, 1.165) is 21.3 Å². The van der Waals surface area contributed by atoms with Gasteiger partial charge in [-0.05, 0) is 67.3 Å². The molecule has 1 saturated heterocycles. The number of carbonyl (C=O) groups excluding carboxylic acids is 1. The SMILES string of the molecule is Cc1cccc2sc(N(Cc3cccnc3)C(=O)C3CCN(S(=O)(=O)c4ccc(Cl)cc4)CC3)nc12. The predicted molar refractivity (Wildman–Crippen MR) is 143 cm³/mol. The van der Waals surface area contributed by atoms with E-state index in [4.69, 9.17) is 16.6 Å². The monoisotopic (exact) mass is 540 g/mol. The van der Waals surface area contributed by atoms with Crippen LogP contribution in [0.25, 0.3) is 10.2 Å². The molecule has 0 radical (unpaired) electrons. The maximum absolute atomic E-state index is 13.8. The van der Waals surface area contributed by atoms with Crippen molar-refractivity contribution in [1.82, 2.24) is 14.3 Å². The lowest BCUT2D eigenvalue weighted by atomic mass is 9.96. The Bertz CT molecular complexity index is 1480. The molecule has 0 N–H and O–H groups in total. The Balaban J connectivity index is 1.37. The van der Waals surface area contributed by atoms with Crippen LogP contribution in [0.2, 0.25) is 5.02 Å². The molecular formula is C26H25ClN4O3S2. The number of piperidine rings is 1. The van der Waals surface area contributed by atoms with Gasteiger partial charge in [-0.1, -0.05) is 41.1 Å². The van der Waals surface area contributed by atoms with E-state index in [1.54, 1.807) is 29.4 Å². The molecule has 1 fully saturated rings. The van der Waals surface area contributed by atoms with Gasteiger partial charge in [-0.2, -0.15) is 4.31 Å². The van der Waals surface area contributed by atoms with Crippen molar-refractivity contribution < 1.29 is 13.2 Å². The summed E-state index contributed by atoms with van der Waals surface area (Å²) in [7, 11) is -3.64. The molecule has 5 rings (SSSR count). The Kier molecular flexibility index (Phi) is 7.07. The van der Waals surface area contributed by atoms with E-state index in [0.29, 0.717) is 29.5 Å². The number of anilines is 1. The molecule has 1 aliphatic rings. The number of sulfonamides is 1. The van der Waals surface area contributed by atoms with Crippen molar-refractivity contribution in [3.8, 4) is 0 Å². The van der Waals surface area contributed by atoms with E-state index in [1.807, 2.05) is 37.3 Å². The third kappa shape index (κ3) is 5.01. The van der Waals surface area contributed by atoms with E-state index >= 15 is 0 Å². The van der Waals surface area contributed by atoms with Crippen molar-refractivity contribution in [2.45, 2.75) is 31.2 Å². The third-order valence-electron chi connectivity index (χ3n) is 6.42. The van der Waals surface area contributed by atoms with Crippen LogP contribution in [0.3, 0.4) is 0 Å². The molecule has 0 unspecified atom stereocenters. The lowest BCUT2D eigenvalue weighted by molar-refractivity contribution is -0.123.